The standard InChI is InChI=1S/C8H12O4/c1-12-7(10)8(11)5-3-2-4-6(8)9/h2,4,6,9,11H,3,5H2,1H3. The molecular formula is C8H12O4. The molecule has 0 spiro atoms. The van der Waals surface area contributed by atoms with E-state index in [0.29, 0.717) is 6.42 Å². The lowest BCUT2D eigenvalue weighted by molar-refractivity contribution is -0.173. The Morgan fingerprint density at radius 3 is 2.92 bits per heavy atom. The topological polar surface area (TPSA) is 66.8 Å². The van der Waals surface area contributed by atoms with E-state index in [-0.39, 0.29) is 6.42 Å². The monoisotopic (exact) mass is 172 g/mol. The van der Waals surface area contributed by atoms with E-state index in [4.69, 9.17) is 0 Å². The van der Waals surface area contributed by atoms with Crippen LogP contribution in [0.25, 0.3) is 0 Å². The number of aliphatic hydroxyl groups is 2. The number of hydrogen-bond donors (Lipinski definition) is 2. The number of rotatable bonds is 1. The fraction of sp³-hybridized carbons (Fsp3) is 0.625. The van der Waals surface area contributed by atoms with E-state index >= 15 is 0 Å². The lowest BCUT2D eigenvalue weighted by Gasteiger charge is -2.30. The Morgan fingerprint density at radius 2 is 2.42 bits per heavy atom. The average Bonchev–Trinajstić information content (AvgIpc) is 2.09. The van der Waals surface area contributed by atoms with Crippen LogP contribution in [-0.2, 0) is 9.53 Å². The number of allylic oxidation sites excluding steroid dienone is 1. The van der Waals surface area contributed by atoms with Gasteiger partial charge in [0, 0.05) is 0 Å². The Balaban J connectivity index is 2.82. The van der Waals surface area contributed by atoms with E-state index in [1.54, 1.807) is 6.08 Å². The molecule has 1 aliphatic carbocycles. The summed E-state index contributed by atoms with van der Waals surface area (Å²) in [5.41, 5.74) is -1.75. The zero-order chi connectivity index (χ0) is 9.19. The number of carbonyl (C=O) groups is 1. The second-order valence-electron chi connectivity index (χ2n) is 2.83. The van der Waals surface area contributed by atoms with Crippen LogP contribution in [0.1, 0.15) is 12.8 Å². The fourth-order valence-corrected chi connectivity index (χ4v) is 1.24. The Hall–Kier alpha value is -0.870. The van der Waals surface area contributed by atoms with Gasteiger partial charge in [0.25, 0.3) is 0 Å². The molecular weight excluding hydrogens is 160 g/mol. The first-order valence-electron chi connectivity index (χ1n) is 3.77. The van der Waals surface area contributed by atoms with Crippen molar-refractivity contribution in [3.63, 3.8) is 0 Å². The van der Waals surface area contributed by atoms with Crippen molar-refractivity contribution in [3.05, 3.63) is 12.2 Å². The minimum atomic E-state index is -1.75. The number of carbonyl (C=O) groups excluding carboxylic acids is 1. The van der Waals surface area contributed by atoms with Gasteiger partial charge >= 0.3 is 5.97 Å². The Kier molecular flexibility index (Phi) is 2.49. The van der Waals surface area contributed by atoms with Crippen LogP contribution in [0.4, 0.5) is 0 Å². The summed E-state index contributed by atoms with van der Waals surface area (Å²) in [6.07, 6.45) is 2.75. The number of methoxy groups -OCH3 is 1. The largest absolute Gasteiger partial charge is 0.467 e. The first-order valence-corrected chi connectivity index (χ1v) is 3.77. The molecule has 68 valence electrons. The van der Waals surface area contributed by atoms with Gasteiger partial charge < -0.3 is 14.9 Å². The zero-order valence-corrected chi connectivity index (χ0v) is 6.86. The molecule has 1 aliphatic rings. The SMILES string of the molecule is COC(=O)C1(O)CCC=CC1O. The summed E-state index contributed by atoms with van der Waals surface area (Å²) in [4.78, 5) is 11.0. The second kappa shape index (κ2) is 3.25. The van der Waals surface area contributed by atoms with Crippen LogP contribution in [0.15, 0.2) is 12.2 Å². The van der Waals surface area contributed by atoms with Gasteiger partial charge in [0.05, 0.1) is 7.11 Å². The molecule has 0 aliphatic heterocycles. The van der Waals surface area contributed by atoms with Gasteiger partial charge in [-0.2, -0.15) is 0 Å². The van der Waals surface area contributed by atoms with Gasteiger partial charge in [-0.3, -0.25) is 0 Å². The van der Waals surface area contributed by atoms with Crippen LogP contribution in [0, 0.1) is 0 Å². The molecule has 1 rings (SSSR count). The highest BCUT2D eigenvalue weighted by Crippen LogP contribution is 2.24. The molecule has 0 aromatic heterocycles. The molecule has 0 heterocycles. The molecule has 0 amide bonds. The van der Waals surface area contributed by atoms with E-state index in [2.05, 4.69) is 4.74 Å². The Morgan fingerprint density at radius 1 is 1.75 bits per heavy atom. The van der Waals surface area contributed by atoms with Crippen molar-refractivity contribution >= 4 is 5.97 Å². The van der Waals surface area contributed by atoms with Crippen molar-refractivity contribution in [1.82, 2.24) is 0 Å². The van der Waals surface area contributed by atoms with Crippen molar-refractivity contribution < 1.29 is 19.7 Å². The highest BCUT2D eigenvalue weighted by Gasteiger charge is 2.44. The molecule has 0 radical (unpaired) electrons. The summed E-state index contributed by atoms with van der Waals surface area (Å²) in [6.45, 7) is 0. The molecule has 0 saturated carbocycles. The lowest BCUT2D eigenvalue weighted by Crippen LogP contribution is -2.50. The zero-order valence-electron chi connectivity index (χ0n) is 6.86. The van der Waals surface area contributed by atoms with E-state index in [0.717, 1.165) is 0 Å². The van der Waals surface area contributed by atoms with Gasteiger partial charge in [0.2, 0.25) is 0 Å². The first kappa shape index (κ1) is 9.22. The van der Waals surface area contributed by atoms with Crippen LogP contribution in [0.2, 0.25) is 0 Å². The van der Waals surface area contributed by atoms with Gasteiger partial charge in [0.1, 0.15) is 6.10 Å². The minimum Gasteiger partial charge on any atom is -0.467 e. The van der Waals surface area contributed by atoms with Crippen LogP contribution in [0.5, 0.6) is 0 Å². The van der Waals surface area contributed by atoms with Crippen molar-refractivity contribution in [3.8, 4) is 0 Å². The predicted octanol–water partition coefficient (Wildman–Crippen LogP) is -0.399. The molecule has 0 aromatic rings. The molecule has 2 atom stereocenters. The summed E-state index contributed by atoms with van der Waals surface area (Å²) in [5, 5.41) is 18.9. The number of esters is 1. The van der Waals surface area contributed by atoms with E-state index in [1.165, 1.54) is 13.2 Å². The molecule has 12 heavy (non-hydrogen) atoms. The maximum atomic E-state index is 11.0. The molecule has 0 aromatic carbocycles. The lowest BCUT2D eigenvalue weighted by atomic mass is 9.87. The normalized spacial score (nSPS) is 34.8. The molecule has 0 saturated heterocycles. The van der Waals surface area contributed by atoms with E-state index < -0.39 is 17.7 Å². The van der Waals surface area contributed by atoms with Crippen LogP contribution < -0.4 is 0 Å². The minimum absolute atomic E-state index is 0.206. The average molecular weight is 172 g/mol. The van der Waals surface area contributed by atoms with Crippen molar-refractivity contribution in [2.24, 2.45) is 0 Å². The molecule has 2 unspecified atom stereocenters. The van der Waals surface area contributed by atoms with E-state index in [1.807, 2.05) is 0 Å². The van der Waals surface area contributed by atoms with Crippen LogP contribution in [-0.4, -0.2) is 35.0 Å². The van der Waals surface area contributed by atoms with Gasteiger partial charge in [0.15, 0.2) is 5.60 Å². The van der Waals surface area contributed by atoms with Crippen LogP contribution >= 0.6 is 0 Å². The van der Waals surface area contributed by atoms with Crippen molar-refractivity contribution in [1.29, 1.82) is 0 Å². The quantitative estimate of drug-likeness (QED) is 0.417. The fourth-order valence-electron chi connectivity index (χ4n) is 1.24. The Labute approximate surface area is 70.5 Å². The predicted molar refractivity (Wildman–Crippen MR) is 41.3 cm³/mol. The summed E-state index contributed by atoms with van der Waals surface area (Å²) in [5.74, 6) is -0.778. The van der Waals surface area contributed by atoms with Crippen molar-refractivity contribution in [2.45, 2.75) is 24.5 Å². The van der Waals surface area contributed by atoms with E-state index in [9.17, 15) is 15.0 Å². The third kappa shape index (κ3) is 1.35. The van der Waals surface area contributed by atoms with Gasteiger partial charge in [-0.25, -0.2) is 4.79 Å². The molecule has 0 fully saturated rings. The summed E-state index contributed by atoms with van der Waals surface area (Å²) < 4.78 is 4.38. The second-order valence-corrected chi connectivity index (χ2v) is 2.83. The first-order chi connectivity index (χ1) is 5.61. The maximum absolute atomic E-state index is 11.0. The molecule has 0 bridgehead atoms. The van der Waals surface area contributed by atoms with Crippen LogP contribution in [0.3, 0.4) is 0 Å². The van der Waals surface area contributed by atoms with Gasteiger partial charge in [-0.15, -0.1) is 0 Å². The summed E-state index contributed by atoms with van der Waals surface area (Å²) >= 11 is 0. The number of ether oxygens (including phenoxy) is 1. The molecule has 2 N–H and O–H groups in total. The Bertz CT molecular complexity index is 211. The molecule has 4 nitrogen and oxygen atoms in total. The smallest absolute Gasteiger partial charge is 0.340 e. The van der Waals surface area contributed by atoms with Crippen molar-refractivity contribution in [2.75, 3.05) is 7.11 Å². The summed E-state index contributed by atoms with van der Waals surface area (Å²) in [7, 11) is 1.19. The summed E-state index contributed by atoms with van der Waals surface area (Å²) in [6, 6.07) is 0. The number of aliphatic hydroxyl groups excluding tert-OH is 1. The third-order valence-electron chi connectivity index (χ3n) is 2.04. The third-order valence-corrected chi connectivity index (χ3v) is 2.04. The molecule has 4 heteroatoms. The van der Waals surface area contributed by atoms with Gasteiger partial charge in [-0.05, 0) is 12.8 Å². The highest BCUT2D eigenvalue weighted by molar-refractivity contribution is 5.80. The maximum Gasteiger partial charge on any atom is 0.340 e. The number of hydrogen-bond acceptors (Lipinski definition) is 4. The highest BCUT2D eigenvalue weighted by atomic mass is 16.5. The van der Waals surface area contributed by atoms with Gasteiger partial charge in [-0.1, -0.05) is 12.2 Å².